The van der Waals surface area contributed by atoms with Crippen LogP contribution in [0.3, 0.4) is 0 Å². The monoisotopic (exact) mass is 749 g/mol. The zero-order valence-electron chi connectivity index (χ0n) is 32.2. The summed E-state index contributed by atoms with van der Waals surface area (Å²) in [6.07, 6.45) is 2.37. The van der Waals surface area contributed by atoms with Gasteiger partial charge >= 0.3 is 0 Å². The van der Waals surface area contributed by atoms with Gasteiger partial charge in [-0.2, -0.15) is 0 Å². The maximum Gasteiger partial charge on any atom is 0.167 e. The van der Waals surface area contributed by atoms with E-state index in [9.17, 15) is 4.79 Å². The largest absolute Gasteiger partial charge is 0.309 e. The number of nitrogens with zero attached hydrogens (tertiary/aromatic N) is 2. The maximum absolute atomic E-state index is 12.1. The van der Waals surface area contributed by atoms with Crippen molar-refractivity contribution in [3.8, 4) is 28.1 Å². The molecule has 0 fully saturated rings. The highest BCUT2D eigenvalue weighted by Gasteiger charge is 2.26. The summed E-state index contributed by atoms with van der Waals surface area (Å²) in [7, 11) is 0. The molecule has 0 saturated heterocycles. The Labute approximate surface area is 340 Å². The number of para-hydroxylation sites is 4. The molecule has 0 spiro atoms. The summed E-state index contributed by atoms with van der Waals surface area (Å²) in [6, 6.07) is 73.1. The summed E-state index contributed by atoms with van der Waals surface area (Å²) >= 11 is 0. The first-order valence-electron chi connectivity index (χ1n) is 19.8. The fourth-order valence-corrected chi connectivity index (χ4v) is 8.29. The van der Waals surface area contributed by atoms with Crippen LogP contribution >= 0.6 is 0 Å². The van der Waals surface area contributed by atoms with E-state index in [1.54, 1.807) is 5.01 Å². The van der Waals surface area contributed by atoms with Gasteiger partial charge in [-0.3, -0.25) is 9.80 Å². The van der Waals surface area contributed by atoms with Crippen LogP contribution in [0.25, 0.3) is 39.0 Å². The number of hydrazine groups is 1. The average Bonchev–Trinajstić information content (AvgIpc) is 3.46. The first kappa shape index (κ1) is 36.4. The van der Waals surface area contributed by atoms with Crippen molar-refractivity contribution in [1.82, 2.24) is 4.57 Å². The molecule has 0 bridgehead atoms. The predicted molar refractivity (Wildman–Crippen MR) is 240 cm³/mol. The number of rotatable bonds is 3. The van der Waals surface area contributed by atoms with Gasteiger partial charge in [-0.25, -0.2) is 5.84 Å². The lowest BCUT2D eigenvalue weighted by Crippen LogP contribution is -2.24. The maximum atomic E-state index is 12.1. The van der Waals surface area contributed by atoms with Gasteiger partial charge < -0.3 is 4.57 Å². The van der Waals surface area contributed by atoms with Crippen LogP contribution in [0.2, 0.25) is 0 Å². The third kappa shape index (κ3) is 7.25. The quantitative estimate of drug-likeness (QED) is 0.145. The van der Waals surface area contributed by atoms with Gasteiger partial charge in [0.25, 0.3) is 0 Å². The van der Waals surface area contributed by atoms with Gasteiger partial charge in [-0.1, -0.05) is 170 Å². The number of benzene rings is 8. The Hall–Kier alpha value is -7.27. The van der Waals surface area contributed by atoms with E-state index in [0.29, 0.717) is 6.42 Å². The summed E-state index contributed by atoms with van der Waals surface area (Å²) in [6.45, 7) is 0. The molecule has 9 aromatic rings. The Morgan fingerprint density at radius 1 is 0.397 bits per heavy atom. The van der Waals surface area contributed by atoms with Crippen molar-refractivity contribution in [1.29, 1.82) is 0 Å². The minimum atomic E-state index is 0.237. The number of Topliss-reactive ketones (excluding diaryl/α,β-unsaturated/α-hetero) is 1. The van der Waals surface area contributed by atoms with Crippen LogP contribution < -0.4 is 10.9 Å². The van der Waals surface area contributed by atoms with Crippen LogP contribution in [0.15, 0.2) is 212 Å². The predicted octanol–water partition coefficient (Wildman–Crippen LogP) is 12.6. The lowest BCUT2D eigenvalue weighted by Gasteiger charge is -2.18. The highest BCUT2D eigenvalue weighted by molar-refractivity contribution is 6.07. The third-order valence-electron chi connectivity index (χ3n) is 11.1. The van der Waals surface area contributed by atoms with Crippen LogP contribution in [0, 0.1) is 0 Å². The molecule has 280 valence electrons. The highest BCUT2D eigenvalue weighted by Crippen LogP contribution is 2.47. The topological polar surface area (TPSA) is 51.3 Å². The fraction of sp³-hybridized carbons (Fsp3) is 0.0556. The zero-order valence-corrected chi connectivity index (χ0v) is 32.2. The molecular weight excluding hydrogens is 707 g/mol. The molecule has 2 N–H and O–H groups in total. The molecule has 58 heavy (non-hydrogen) atoms. The van der Waals surface area contributed by atoms with E-state index >= 15 is 0 Å². The Bertz CT molecular complexity index is 2800. The normalized spacial score (nSPS) is 12.1. The van der Waals surface area contributed by atoms with E-state index in [0.717, 1.165) is 35.3 Å². The molecule has 0 unspecified atom stereocenters. The van der Waals surface area contributed by atoms with Gasteiger partial charge in [-0.05, 0) is 88.7 Å². The van der Waals surface area contributed by atoms with Gasteiger partial charge in [0.2, 0.25) is 0 Å². The first-order valence-corrected chi connectivity index (χ1v) is 19.8. The lowest BCUT2D eigenvalue weighted by molar-refractivity contribution is 0.0993. The van der Waals surface area contributed by atoms with Crippen molar-refractivity contribution in [2.24, 2.45) is 5.84 Å². The standard InChI is InChI=1S/C27H19N.C15H12O.C12H12N2/c1-2-12-21(13-3-1)28-25-17-9-8-16-24(25)26-22-14-6-4-10-19(22)18-20-11-5-7-15-23(20)27(26)28;16-15-10-12-6-2-1-5-11(12)9-13-7-3-4-8-14(13)15;13-14(11-7-3-1-4-8-11)12-9-5-2-6-10-12/h1-17H,18H2;1-8H,9-10H2;1-10H,13H2. The van der Waals surface area contributed by atoms with Gasteiger partial charge in [0.1, 0.15) is 0 Å². The van der Waals surface area contributed by atoms with Gasteiger partial charge in [0, 0.05) is 34.2 Å². The molecule has 2 aliphatic rings. The summed E-state index contributed by atoms with van der Waals surface area (Å²) in [5.41, 5.74) is 17.0. The second kappa shape index (κ2) is 16.4. The minimum Gasteiger partial charge on any atom is -0.309 e. The zero-order chi connectivity index (χ0) is 39.3. The van der Waals surface area contributed by atoms with E-state index in [4.69, 9.17) is 5.84 Å². The molecular formula is C54H43N3O. The van der Waals surface area contributed by atoms with Crippen LogP contribution in [-0.2, 0) is 19.3 Å². The molecule has 0 saturated carbocycles. The molecule has 0 atom stereocenters. The highest BCUT2D eigenvalue weighted by atomic mass is 16.1. The van der Waals surface area contributed by atoms with E-state index < -0.39 is 0 Å². The van der Waals surface area contributed by atoms with Crippen LogP contribution in [0.4, 0.5) is 11.4 Å². The molecule has 11 rings (SSSR count). The number of hydrogen-bond acceptors (Lipinski definition) is 3. The first-order chi connectivity index (χ1) is 28.6. The van der Waals surface area contributed by atoms with Crippen LogP contribution in [0.5, 0.6) is 0 Å². The summed E-state index contributed by atoms with van der Waals surface area (Å²) in [5.74, 6) is 6.19. The van der Waals surface area contributed by atoms with Crippen molar-refractivity contribution in [3.05, 3.63) is 246 Å². The van der Waals surface area contributed by atoms with Crippen molar-refractivity contribution in [3.63, 3.8) is 0 Å². The second-order valence-electron chi connectivity index (χ2n) is 14.6. The van der Waals surface area contributed by atoms with Crippen LogP contribution in [-0.4, -0.2) is 10.4 Å². The van der Waals surface area contributed by atoms with Gasteiger partial charge in [-0.15, -0.1) is 0 Å². The molecule has 4 heteroatoms. The number of hydrogen-bond donors (Lipinski definition) is 1. The van der Waals surface area contributed by atoms with E-state index in [2.05, 4.69) is 126 Å². The van der Waals surface area contributed by atoms with Crippen molar-refractivity contribution < 1.29 is 4.79 Å². The molecule has 4 nitrogen and oxygen atoms in total. The Morgan fingerprint density at radius 3 is 1.43 bits per heavy atom. The van der Waals surface area contributed by atoms with Gasteiger partial charge in [0.05, 0.1) is 22.6 Å². The Morgan fingerprint density at radius 2 is 0.810 bits per heavy atom. The number of anilines is 2. The Kier molecular flexibility index (Phi) is 10.3. The molecule has 1 heterocycles. The summed E-state index contributed by atoms with van der Waals surface area (Å²) in [5, 5.41) is 2.98. The number of carbonyl (C=O) groups is 1. The fourth-order valence-electron chi connectivity index (χ4n) is 8.29. The second-order valence-corrected chi connectivity index (χ2v) is 14.6. The minimum absolute atomic E-state index is 0.237. The smallest absolute Gasteiger partial charge is 0.167 e. The van der Waals surface area contributed by atoms with Crippen molar-refractivity contribution in [2.75, 3.05) is 5.01 Å². The summed E-state index contributed by atoms with van der Waals surface area (Å²) in [4.78, 5) is 12.1. The van der Waals surface area contributed by atoms with Gasteiger partial charge in [0.15, 0.2) is 5.78 Å². The lowest BCUT2D eigenvalue weighted by atomic mass is 9.97. The molecule has 0 aliphatic heterocycles. The van der Waals surface area contributed by atoms with E-state index in [-0.39, 0.29) is 5.78 Å². The molecule has 8 aromatic carbocycles. The number of nitrogens with two attached hydrogens (primary N) is 1. The third-order valence-corrected chi connectivity index (χ3v) is 11.1. The number of fused-ring (bicyclic) bond motifs is 9. The molecule has 1 aromatic heterocycles. The Balaban J connectivity index is 0.000000123. The van der Waals surface area contributed by atoms with Crippen molar-refractivity contribution >= 4 is 28.1 Å². The number of carbonyl (C=O) groups excluding carboxylic acids is 1. The SMILES string of the molecule is NN(c1ccccc1)c1ccccc1.O=C1Cc2ccccc2Cc2ccccc21.c1ccc(-n2c3c(c4ccccc42)-c2ccccc2Cc2ccccc2-3)cc1. The van der Waals surface area contributed by atoms with E-state index in [1.807, 2.05) is 91.0 Å². The average molecular weight is 750 g/mol. The molecule has 2 aliphatic carbocycles. The van der Waals surface area contributed by atoms with Crippen LogP contribution in [0.1, 0.15) is 38.2 Å². The molecule has 0 amide bonds. The summed E-state index contributed by atoms with van der Waals surface area (Å²) < 4.78 is 2.44. The number of aromatic nitrogens is 1. The molecule has 0 radical (unpaired) electrons. The number of ketones is 1. The van der Waals surface area contributed by atoms with Crippen molar-refractivity contribution in [2.45, 2.75) is 19.3 Å². The van der Waals surface area contributed by atoms with E-state index in [1.165, 1.54) is 61.2 Å².